The van der Waals surface area contributed by atoms with Crippen molar-refractivity contribution in [1.29, 1.82) is 0 Å². The minimum atomic E-state index is -3.48. The summed E-state index contributed by atoms with van der Waals surface area (Å²) < 4.78 is 28.4. The molecule has 0 heterocycles. The Morgan fingerprint density at radius 1 is 1.38 bits per heavy atom. The van der Waals surface area contributed by atoms with E-state index in [2.05, 4.69) is 46.7 Å². The van der Waals surface area contributed by atoms with Gasteiger partial charge in [-0.25, -0.2) is 13.1 Å². The maximum Gasteiger partial charge on any atom is 0.241 e. The molecule has 1 fully saturated rings. The van der Waals surface area contributed by atoms with Gasteiger partial charge in [0, 0.05) is 17.1 Å². The van der Waals surface area contributed by atoms with E-state index in [1.54, 1.807) is 12.1 Å². The van der Waals surface area contributed by atoms with E-state index in [-0.39, 0.29) is 11.5 Å². The smallest absolute Gasteiger partial charge is 0.241 e. The average Bonchev–Trinajstić information content (AvgIpc) is 2.97. The zero-order valence-electron chi connectivity index (χ0n) is 12.7. The summed E-state index contributed by atoms with van der Waals surface area (Å²) in [7, 11) is -3.48. The molecular weight excluding hydrogens is 352 g/mol. The lowest BCUT2D eigenvalue weighted by molar-refractivity contribution is 0.554. The van der Waals surface area contributed by atoms with Crippen molar-refractivity contribution in [3.05, 3.63) is 28.2 Å². The van der Waals surface area contributed by atoms with Gasteiger partial charge in [0.05, 0.1) is 4.90 Å². The van der Waals surface area contributed by atoms with Crippen LogP contribution in [0.5, 0.6) is 0 Å². The van der Waals surface area contributed by atoms with Crippen molar-refractivity contribution < 1.29 is 8.42 Å². The van der Waals surface area contributed by atoms with Crippen LogP contribution in [-0.4, -0.2) is 21.0 Å². The van der Waals surface area contributed by atoms with E-state index in [0.717, 1.165) is 24.9 Å². The number of hydrogen-bond donors (Lipinski definition) is 2. The Kier molecular flexibility index (Phi) is 5.13. The highest BCUT2D eigenvalue weighted by molar-refractivity contribution is 9.10. The van der Waals surface area contributed by atoms with Crippen LogP contribution in [0.2, 0.25) is 0 Å². The van der Waals surface area contributed by atoms with Crippen molar-refractivity contribution >= 4 is 26.0 Å². The molecule has 1 saturated carbocycles. The number of benzene rings is 1. The first kappa shape index (κ1) is 16.9. The Morgan fingerprint density at radius 3 is 2.62 bits per heavy atom. The fourth-order valence-corrected chi connectivity index (χ4v) is 4.61. The van der Waals surface area contributed by atoms with Gasteiger partial charge in [-0.05, 0) is 58.4 Å². The van der Waals surface area contributed by atoms with E-state index in [4.69, 9.17) is 0 Å². The Balaban J connectivity index is 2.15. The predicted molar refractivity (Wildman–Crippen MR) is 88.6 cm³/mol. The minimum Gasteiger partial charge on any atom is -0.313 e. The Morgan fingerprint density at radius 2 is 2.05 bits per heavy atom. The molecule has 2 rings (SSSR count). The molecule has 0 amide bonds. The molecular formula is C15H23BrN2O2S. The molecule has 0 radical (unpaired) electrons. The summed E-state index contributed by atoms with van der Waals surface area (Å²) in [4.78, 5) is 0.320. The lowest BCUT2D eigenvalue weighted by atomic mass is 10.2. The van der Waals surface area contributed by atoms with Crippen molar-refractivity contribution in [2.24, 2.45) is 5.41 Å². The van der Waals surface area contributed by atoms with Crippen LogP contribution >= 0.6 is 15.9 Å². The molecule has 1 aliphatic carbocycles. The topological polar surface area (TPSA) is 58.2 Å². The fraction of sp³-hybridized carbons (Fsp3) is 0.600. The van der Waals surface area contributed by atoms with Gasteiger partial charge in [0.2, 0.25) is 10.0 Å². The predicted octanol–water partition coefficient (Wildman–Crippen LogP) is 3.03. The van der Waals surface area contributed by atoms with Gasteiger partial charge >= 0.3 is 0 Å². The van der Waals surface area contributed by atoms with Crippen molar-refractivity contribution in [1.82, 2.24) is 10.0 Å². The van der Waals surface area contributed by atoms with Crippen molar-refractivity contribution in [3.8, 4) is 0 Å². The third-order valence-corrected chi connectivity index (χ3v) is 6.32. The maximum absolute atomic E-state index is 12.5. The molecule has 0 bridgehead atoms. The third-order valence-electron chi connectivity index (χ3n) is 3.85. The molecule has 4 nitrogen and oxygen atoms in total. The number of hydrogen-bond acceptors (Lipinski definition) is 3. The lowest BCUT2D eigenvalue weighted by Crippen LogP contribution is -2.29. The van der Waals surface area contributed by atoms with Crippen LogP contribution in [0.3, 0.4) is 0 Å². The molecule has 2 N–H and O–H groups in total. The van der Waals surface area contributed by atoms with Crippen LogP contribution in [-0.2, 0) is 16.6 Å². The van der Waals surface area contributed by atoms with Gasteiger partial charge in [-0.15, -0.1) is 0 Å². The fourth-order valence-electron chi connectivity index (χ4n) is 2.19. The summed E-state index contributed by atoms with van der Waals surface area (Å²) >= 11 is 3.35. The summed E-state index contributed by atoms with van der Waals surface area (Å²) in [5, 5.41) is 3.29. The number of halogens is 1. The van der Waals surface area contributed by atoms with Gasteiger partial charge < -0.3 is 5.32 Å². The van der Waals surface area contributed by atoms with Crippen LogP contribution < -0.4 is 10.0 Å². The summed E-state index contributed by atoms with van der Waals surface area (Å²) in [6.45, 7) is 7.84. The molecule has 0 aromatic heterocycles. The SMILES string of the molecule is CCCNCc1ccc(Br)c(S(=O)(=O)NC2CC2(C)C)c1. The van der Waals surface area contributed by atoms with Crippen LogP contribution in [0.4, 0.5) is 0 Å². The van der Waals surface area contributed by atoms with Crippen molar-refractivity contribution in [3.63, 3.8) is 0 Å². The maximum atomic E-state index is 12.5. The Hall–Kier alpha value is -0.430. The van der Waals surface area contributed by atoms with Gasteiger partial charge in [-0.3, -0.25) is 0 Å². The first-order valence-corrected chi connectivity index (χ1v) is 9.55. The second-order valence-electron chi connectivity index (χ2n) is 6.31. The van der Waals surface area contributed by atoms with Gasteiger partial charge in [-0.1, -0.05) is 26.8 Å². The highest BCUT2D eigenvalue weighted by Crippen LogP contribution is 2.45. The summed E-state index contributed by atoms with van der Waals surface area (Å²) in [6, 6.07) is 5.52. The van der Waals surface area contributed by atoms with E-state index in [9.17, 15) is 8.42 Å². The second kappa shape index (κ2) is 6.36. The minimum absolute atomic E-state index is 0.0382. The lowest BCUT2D eigenvalue weighted by Gasteiger charge is -2.12. The first-order valence-electron chi connectivity index (χ1n) is 7.28. The Bertz CT molecular complexity index is 614. The summed E-state index contributed by atoms with van der Waals surface area (Å²) in [5.41, 5.74) is 1.04. The van der Waals surface area contributed by atoms with E-state index < -0.39 is 10.0 Å². The molecule has 1 unspecified atom stereocenters. The summed E-state index contributed by atoms with van der Waals surface area (Å²) in [6.07, 6.45) is 1.95. The van der Waals surface area contributed by atoms with Crippen LogP contribution in [0.1, 0.15) is 39.2 Å². The van der Waals surface area contributed by atoms with Gasteiger partial charge in [0.25, 0.3) is 0 Å². The molecule has 0 aliphatic heterocycles. The number of nitrogens with one attached hydrogen (secondary N) is 2. The quantitative estimate of drug-likeness (QED) is 0.721. The third kappa shape index (κ3) is 4.28. The molecule has 6 heteroatoms. The first-order chi connectivity index (χ1) is 9.76. The normalized spacial score (nSPS) is 20.5. The molecule has 1 atom stereocenters. The van der Waals surface area contributed by atoms with Crippen LogP contribution in [0.15, 0.2) is 27.6 Å². The zero-order chi connectivity index (χ0) is 15.7. The van der Waals surface area contributed by atoms with Gasteiger partial charge in [0.1, 0.15) is 0 Å². The molecule has 21 heavy (non-hydrogen) atoms. The highest BCUT2D eigenvalue weighted by atomic mass is 79.9. The monoisotopic (exact) mass is 374 g/mol. The number of sulfonamides is 1. The van der Waals surface area contributed by atoms with E-state index >= 15 is 0 Å². The van der Waals surface area contributed by atoms with Gasteiger partial charge in [-0.2, -0.15) is 0 Å². The standard InChI is InChI=1S/C15H23BrN2O2S/c1-4-7-17-10-11-5-6-12(16)13(8-11)21(19,20)18-14-9-15(14,2)3/h5-6,8,14,17-18H,4,7,9-10H2,1-3H3. The van der Waals surface area contributed by atoms with E-state index in [0.29, 0.717) is 15.9 Å². The van der Waals surface area contributed by atoms with E-state index in [1.165, 1.54) is 0 Å². The largest absolute Gasteiger partial charge is 0.313 e. The number of rotatable bonds is 7. The van der Waals surface area contributed by atoms with Crippen molar-refractivity contribution in [2.45, 2.75) is 51.1 Å². The van der Waals surface area contributed by atoms with Crippen LogP contribution in [0.25, 0.3) is 0 Å². The zero-order valence-corrected chi connectivity index (χ0v) is 15.1. The average molecular weight is 375 g/mol. The second-order valence-corrected chi connectivity index (χ2v) is 8.84. The molecule has 0 spiro atoms. The molecule has 118 valence electrons. The Labute approximate surface area is 135 Å². The molecule has 1 aromatic rings. The molecule has 1 aromatic carbocycles. The summed E-state index contributed by atoms with van der Waals surface area (Å²) in [5.74, 6) is 0. The molecule has 0 saturated heterocycles. The highest BCUT2D eigenvalue weighted by Gasteiger charge is 2.48. The van der Waals surface area contributed by atoms with Gasteiger partial charge in [0.15, 0.2) is 0 Å². The molecule has 1 aliphatic rings. The van der Waals surface area contributed by atoms with Crippen molar-refractivity contribution in [2.75, 3.05) is 6.54 Å². The van der Waals surface area contributed by atoms with E-state index in [1.807, 2.05) is 6.07 Å². The van der Waals surface area contributed by atoms with Crippen LogP contribution in [0, 0.1) is 5.41 Å².